The third-order valence-corrected chi connectivity index (χ3v) is 3.15. The van der Waals surface area contributed by atoms with Gasteiger partial charge in [-0.05, 0) is 45.6 Å². The summed E-state index contributed by atoms with van der Waals surface area (Å²) < 4.78 is 0. The van der Waals surface area contributed by atoms with Crippen LogP contribution in [0.2, 0.25) is 0 Å². The molecule has 1 aromatic rings. The van der Waals surface area contributed by atoms with E-state index in [1.165, 1.54) is 0 Å². The smallest absolute Gasteiger partial charge is 0.0991 e. The van der Waals surface area contributed by atoms with Crippen molar-refractivity contribution in [3.05, 3.63) is 35.4 Å². The molecule has 92 valence electrons. The highest BCUT2D eigenvalue weighted by atomic mass is 15.2. The molecule has 0 aromatic heterocycles. The van der Waals surface area contributed by atoms with Crippen LogP contribution in [0.5, 0.6) is 0 Å². The molecule has 1 rings (SSSR count). The summed E-state index contributed by atoms with van der Waals surface area (Å²) in [6.45, 7) is 6.11. The number of hydrogen-bond donors (Lipinski definition) is 1. The zero-order chi connectivity index (χ0) is 12.9. The van der Waals surface area contributed by atoms with Gasteiger partial charge in [0.1, 0.15) is 0 Å². The van der Waals surface area contributed by atoms with E-state index in [0.717, 1.165) is 24.2 Å². The number of benzene rings is 1. The predicted molar refractivity (Wildman–Crippen MR) is 70.6 cm³/mol. The Balaban J connectivity index is 2.49. The van der Waals surface area contributed by atoms with E-state index >= 15 is 0 Å². The normalized spacial score (nSPS) is 11.5. The van der Waals surface area contributed by atoms with Gasteiger partial charge in [-0.3, -0.25) is 0 Å². The molecule has 1 aromatic carbocycles. The van der Waals surface area contributed by atoms with Crippen molar-refractivity contribution in [3.63, 3.8) is 0 Å². The van der Waals surface area contributed by atoms with Gasteiger partial charge < -0.3 is 10.2 Å². The zero-order valence-corrected chi connectivity index (χ0v) is 11.1. The molecule has 0 atom stereocenters. The number of likely N-dealkylation sites (N-methyl/N-ethyl adjacent to an activating group) is 1. The van der Waals surface area contributed by atoms with E-state index in [-0.39, 0.29) is 5.54 Å². The Morgan fingerprint density at radius 2 is 2.06 bits per heavy atom. The predicted octanol–water partition coefficient (Wildman–Crippen LogP) is 1.99. The molecule has 0 unspecified atom stereocenters. The fourth-order valence-electron chi connectivity index (χ4n) is 1.42. The Morgan fingerprint density at radius 1 is 1.35 bits per heavy atom. The number of nitrogens with zero attached hydrogens (tertiary/aromatic N) is 2. The van der Waals surface area contributed by atoms with Crippen molar-refractivity contribution in [2.75, 3.05) is 20.6 Å². The minimum absolute atomic E-state index is 0.132. The van der Waals surface area contributed by atoms with Crippen molar-refractivity contribution in [2.24, 2.45) is 0 Å². The standard InChI is InChI=1S/C14H21N3/c1-14(2,17(3)4)11-16-10-13-7-5-6-12(8-13)9-15/h5-8,16H,10-11H2,1-4H3. The van der Waals surface area contributed by atoms with Crippen molar-refractivity contribution in [3.8, 4) is 6.07 Å². The van der Waals surface area contributed by atoms with E-state index in [1.54, 1.807) is 0 Å². The molecule has 0 spiro atoms. The van der Waals surface area contributed by atoms with Crippen molar-refractivity contribution in [2.45, 2.75) is 25.9 Å². The van der Waals surface area contributed by atoms with Gasteiger partial charge in [0.05, 0.1) is 11.6 Å². The zero-order valence-electron chi connectivity index (χ0n) is 11.1. The van der Waals surface area contributed by atoms with Crippen molar-refractivity contribution >= 4 is 0 Å². The minimum atomic E-state index is 0.132. The fourth-order valence-corrected chi connectivity index (χ4v) is 1.42. The highest BCUT2D eigenvalue weighted by Crippen LogP contribution is 2.09. The highest BCUT2D eigenvalue weighted by molar-refractivity contribution is 5.32. The summed E-state index contributed by atoms with van der Waals surface area (Å²) in [6.07, 6.45) is 0. The average molecular weight is 231 g/mol. The second-order valence-corrected chi connectivity index (χ2v) is 5.12. The monoisotopic (exact) mass is 231 g/mol. The van der Waals surface area contributed by atoms with E-state index in [9.17, 15) is 0 Å². The summed E-state index contributed by atoms with van der Waals surface area (Å²) >= 11 is 0. The van der Waals surface area contributed by atoms with E-state index in [1.807, 2.05) is 24.3 Å². The molecule has 0 radical (unpaired) electrons. The van der Waals surface area contributed by atoms with Crippen LogP contribution < -0.4 is 5.32 Å². The molecule has 0 aliphatic heterocycles. The van der Waals surface area contributed by atoms with E-state index in [2.05, 4.69) is 44.2 Å². The van der Waals surface area contributed by atoms with Crippen LogP contribution >= 0.6 is 0 Å². The summed E-state index contributed by atoms with van der Waals surface area (Å²) in [5.41, 5.74) is 2.00. The SMILES string of the molecule is CN(C)C(C)(C)CNCc1cccc(C#N)c1. The number of nitriles is 1. The summed E-state index contributed by atoms with van der Waals surface area (Å²) in [4.78, 5) is 2.20. The minimum Gasteiger partial charge on any atom is -0.311 e. The van der Waals surface area contributed by atoms with Crippen LogP contribution in [0.4, 0.5) is 0 Å². The molecule has 0 aliphatic carbocycles. The van der Waals surface area contributed by atoms with Crippen LogP contribution in [-0.2, 0) is 6.54 Å². The first-order valence-corrected chi connectivity index (χ1v) is 5.83. The molecule has 1 N–H and O–H groups in total. The molecule has 17 heavy (non-hydrogen) atoms. The van der Waals surface area contributed by atoms with Crippen LogP contribution in [0.25, 0.3) is 0 Å². The molecule has 0 amide bonds. The summed E-state index contributed by atoms with van der Waals surface area (Å²) in [5, 5.41) is 12.2. The van der Waals surface area contributed by atoms with Gasteiger partial charge in [0.15, 0.2) is 0 Å². The highest BCUT2D eigenvalue weighted by Gasteiger charge is 2.19. The van der Waals surface area contributed by atoms with Crippen molar-refractivity contribution in [1.82, 2.24) is 10.2 Å². The van der Waals surface area contributed by atoms with Crippen LogP contribution in [0, 0.1) is 11.3 Å². The molecule has 3 nitrogen and oxygen atoms in total. The van der Waals surface area contributed by atoms with Gasteiger partial charge in [0.25, 0.3) is 0 Å². The summed E-state index contributed by atoms with van der Waals surface area (Å²) in [7, 11) is 4.16. The molecular formula is C14H21N3. The van der Waals surface area contributed by atoms with Crippen LogP contribution in [0.1, 0.15) is 25.0 Å². The van der Waals surface area contributed by atoms with E-state index < -0.39 is 0 Å². The van der Waals surface area contributed by atoms with Crippen LogP contribution in [-0.4, -0.2) is 31.1 Å². The third kappa shape index (κ3) is 4.18. The maximum absolute atomic E-state index is 8.81. The molecule has 0 aliphatic rings. The Hall–Kier alpha value is -1.37. The lowest BCUT2D eigenvalue weighted by Gasteiger charge is -2.32. The first-order chi connectivity index (χ1) is 7.95. The van der Waals surface area contributed by atoms with Crippen LogP contribution in [0.15, 0.2) is 24.3 Å². The Labute approximate surface area is 104 Å². The molecule has 0 fully saturated rings. The molecule has 0 bridgehead atoms. The lowest BCUT2D eigenvalue weighted by Crippen LogP contribution is -2.46. The van der Waals surface area contributed by atoms with Gasteiger partial charge in [-0.15, -0.1) is 0 Å². The Bertz CT molecular complexity index is 402. The quantitative estimate of drug-likeness (QED) is 0.842. The number of rotatable bonds is 5. The van der Waals surface area contributed by atoms with E-state index in [0.29, 0.717) is 0 Å². The molecule has 0 saturated carbocycles. The van der Waals surface area contributed by atoms with Gasteiger partial charge in [0.2, 0.25) is 0 Å². The van der Waals surface area contributed by atoms with Gasteiger partial charge in [0, 0.05) is 18.6 Å². The summed E-state index contributed by atoms with van der Waals surface area (Å²) in [6, 6.07) is 9.87. The maximum atomic E-state index is 8.81. The number of nitrogens with one attached hydrogen (secondary N) is 1. The second kappa shape index (κ2) is 5.81. The van der Waals surface area contributed by atoms with Gasteiger partial charge in [-0.25, -0.2) is 0 Å². The van der Waals surface area contributed by atoms with Gasteiger partial charge >= 0.3 is 0 Å². The molecular weight excluding hydrogens is 210 g/mol. The first-order valence-electron chi connectivity index (χ1n) is 5.83. The lowest BCUT2D eigenvalue weighted by molar-refractivity contribution is 0.190. The topological polar surface area (TPSA) is 39.1 Å². The lowest BCUT2D eigenvalue weighted by atomic mass is 10.0. The average Bonchev–Trinajstić information content (AvgIpc) is 2.29. The van der Waals surface area contributed by atoms with Crippen LogP contribution in [0.3, 0.4) is 0 Å². The largest absolute Gasteiger partial charge is 0.311 e. The van der Waals surface area contributed by atoms with Crippen molar-refractivity contribution < 1.29 is 0 Å². The van der Waals surface area contributed by atoms with E-state index in [4.69, 9.17) is 5.26 Å². The van der Waals surface area contributed by atoms with Crippen molar-refractivity contribution in [1.29, 1.82) is 5.26 Å². The Kier molecular flexibility index (Phi) is 4.68. The summed E-state index contributed by atoms with van der Waals surface area (Å²) in [5.74, 6) is 0. The maximum Gasteiger partial charge on any atom is 0.0991 e. The fraction of sp³-hybridized carbons (Fsp3) is 0.500. The van der Waals surface area contributed by atoms with Gasteiger partial charge in [-0.1, -0.05) is 12.1 Å². The third-order valence-electron chi connectivity index (χ3n) is 3.15. The Morgan fingerprint density at radius 3 is 2.65 bits per heavy atom. The van der Waals surface area contributed by atoms with Gasteiger partial charge in [-0.2, -0.15) is 5.26 Å². The molecule has 0 saturated heterocycles. The molecule has 3 heteroatoms. The molecule has 0 heterocycles. The second-order valence-electron chi connectivity index (χ2n) is 5.12. The number of hydrogen-bond acceptors (Lipinski definition) is 3. The first kappa shape index (κ1) is 13.7.